The molecule has 2 heterocycles. The fourth-order valence-electron chi connectivity index (χ4n) is 6.13. The number of pyridine rings is 1. The maximum absolute atomic E-state index is 13.7. The minimum Gasteiger partial charge on any atom is -0.497 e. The summed E-state index contributed by atoms with van der Waals surface area (Å²) in [5.74, 6) is 1.69. The zero-order valence-corrected chi connectivity index (χ0v) is 18.3. The lowest BCUT2D eigenvalue weighted by atomic mass is 10.0. The Morgan fingerprint density at radius 1 is 1.00 bits per heavy atom. The lowest BCUT2D eigenvalue weighted by molar-refractivity contribution is 0.204. The molecule has 0 unspecified atom stereocenters. The normalized spacial score (nSPS) is 22.4. The van der Waals surface area contributed by atoms with Crippen LogP contribution in [-0.4, -0.2) is 29.2 Å². The molecule has 0 radical (unpaired) electrons. The highest BCUT2D eigenvalue weighted by molar-refractivity contribution is 5.82. The maximum atomic E-state index is 13.7. The molecular formula is C27H30N2O2. The second-order valence-corrected chi connectivity index (χ2v) is 9.70. The van der Waals surface area contributed by atoms with E-state index in [0.717, 1.165) is 54.2 Å². The van der Waals surface area contributed by atoms with Crippen LogP contribution in [0, 0.1) is 5.92 Å². The highest BCUT2D eigenvalue weighted by Gasteiger charge is 2.37. The molecule has 1 saturated carbocycles. The lowest BCUT2D eigenvalue weighted by Gasteiger charge is -2.27. The summed E-state index contributed by atoms with van der Waals surface area (Å²) in [7, 11) is 1.68. The Morgan fingerprint density at radius 3 is 2.52 bits per heavy atom. The predicted octanol–water partition coefficient (Wildman–Crippen LogP) is 4.53. The summed E-state index contributed by atoms with van der Waals surface area (Å²) in [5.41, 5.74) is 6.21. The summed E-state index contributed by atoms with van der Waals surface area (Å²) < 4.78 is 7.32. The number of nitrogens with zero attached hydrogens (tertiary/aromatic N) is 2. The van der Waals surface area contributed by atoms with Gasteiger partial charge in [-0.3, -0.25) is 9.69 Å². The minimum atomic E-state index is 0.170. The van der Waals surface area contributed by atoms with Gasteiger partial charge in [0.1, 0.15) is 5.75 Å². The van der Waals surface area contributed by atoms with Crippen molar-refractivity contribution < 1.29 is 4.74 Å². The van der Waals surface area contributed by atoms with Gasteiger partial charge in [-0.1, -0.05) is 12.1 Å². The molecule has 2 fully saturated rings. The van der Waals surface area contributed by atoms with Crippen molar-refractivity contribution in [3.05, 3.63) is 75.1 Å². The Bertz CT molecular complexity index is 1190. The van der Waals surface area contributed by atoms with Crippen LogP contribution in [0.1, 0.15) is 47.9 Å². The van der Waals surface area contributed by atoms with Gasteiger partial charge in [-0.15, -0.1) is 0 Å². The molecule has 4 heteroatoms. The van der Waals surface area contributed by atoms with Crippen molar-refractivity contribution in [1.29, 1.82) is 0 Å². The molecule has 1 aliphatic heterocycles. The van der Waals surface area contributed by atoms with Gasteiger partial charge in [-0.25, -0.2) is 0 Å². The van der Waals surface area contributed by atoms with Crippen molar-refractivity contribution >= 4 is 10.9 Å². The number of aryl methyl sites for hydroxylation is 2. The first-order chi connectivity index (χ1) is 15.2. The Hall–Kier alpha value is -2.59. The highest BCUT2D eigenvalue weighted by atomic mass is 16.5. The summed E-state index contributed by atoms with van der Waals surface area (Å²) in [4.78, 5) is 16.3. The third-order valence-corrected chi connectivity index (χ3v) is 7.78. The largest absolute Gasteiger partial charge is 0.497 e. The van der Waals surface area contributed by atoms with Crippen LogP contribution < -0.4 is 10.3 Å². The van der Waals surface area contributed by atoms with E-state index in [1.54, 1.807) is 7.11 Å². The van der Waals surface area contributed by atoms with Crippen molar-refractivity contribution in [3.63, 3.8) is 0 Å². The fraction of sp³-hybridized carbons (Fsp3) is 0.444. The summed E-state index contributed by atoms with van der Waals surface area (Å²) in [6.07, 6.45) is 7.49. The van der Waals surface area contributed by atoms with E-state index in [4.69, 9.17) is 4.74 Å². The molecule has 160 valence electrons. The van der Waals surface area contributed by atoms with Crippen LogP contribution in [0.25, 0.3) is 10.9 Å². The molecule has 3 aliphatic rings. The maximum Gasteiger partial charge on any atom is 0.255 e. The Kier molecular flexibility index (Phi) is 4.64. The predicted molar refractivity (Wildman–Crippen MR) is 124 cm³/mol. The van der Waals surface area contributed by atoms with E-state index in [2.05, 4.69) is 35.2 Å². The number of piperidine rings is 1. The number of aromatic nitrogens is 1. The van der Waals surface area contributed by atoms with Gasteiger partial charge in [-0.05, 0) is 96.9 Å². The summed E-state index contributed by atoms with van der Waals surface area (Å²) in [5, 5.41) is 1.22. The molecule has 2 aliphatic carbocycles. The Morgan fingerprint density at radius 2 is 1.81 bits per heavy atom. The van der Waals surface area contributed by atoms with E-state index in [-0.39, 0.29) is 5.56 Å². The second-order valence-electron chi connectivity index (χ2n) is 9.70. The number of hydrogen-bond acceptors (Lipinski definition) is 3. The first-order valence-electron chi connectivity index (χ1n) is 11.7. The molecule has 2 aromatic carbocycles. The van der Waals surface area contributed by atoms with Crippen LogP contribution in [0.2, 0.25) is 0 Å². The van der Waals surface area contributed by atoms with Gasteiger partial charge in [-0.2, -0.15) is 0 Å². The molecule has 3 aromatic rings. The molecule has 1 aromatic heterocycles. The van der Waals surface area contributed by atoms with Crippen LogP contribution in [0.5, 0.6) is 5.75 Å². The lowest BCUT2D eigenvalue weighted by Crippen LogP contribution is -2.35. The summed E-state index contributed by atoms with van der Waals surface area (Å²) in [6, 6.07) is 15.6. The van der Waals surface area contributed by atoms with Crippen LogP contribution in [0.3, 0.4) is 0 Å². The highest BCUT2D eigenvalue weighted by Crippen LogP contribution is 2.38. The van der Waals surface area contributed by atoms with Crippen molar-refractivity contribution in [1.82, 2.24) is 9.47 Å². The van der Waals surface area contributed by atoms with Gasteiger partial charge in [0.2, 0.25) is 0 Å². The van der Waals surface area contributed by atoms with Crippen LogP contribution >= 0.6 is 0 Å². The molecule has 2 bridgehead atoms. The number of hydrogen-bond donors (Lipinski definition) is 0. The topological polar surface area (TPSA) is 34.5 Å². The molecule has 0 N–H and O–H groups in total. The zero-order valence-electron chi connectivity index (χ0n) is 18.3. The van der Waals surface area contributed by atoms with Crippen molar-refractivity contribution in [2.45, 2.75) is 57.7 Å². The molecule has 0 spiro atoms. The van der Waals surface area contributed by atoms with Crippen molar-refractivity contribution in [2.75, 3.05) is 13.7 Å². The SMILES string of the molecule is COc1ccc(Cn2c(=O)c(CN3C[C@@H]4CC[C@@H]3C4)cc3cc4c(cc32)CCC4)cc1. The monoisotopic (exact) mass is 414 g/mol. The van der Waals surface area contributed by atoms with E-state index < -0.39 is 0 Å². The number of benzene rings is 2. The standard InChI is InChI=1S/C27H30N2O2/c1-31-25-9-6-18(7-10-25)16-29-26-14-21-4-2-3-20(21)12-22(26)13-23(27(29)30)17-28-15-19-5-8-24(28)11-19/h6-7,9-10,12-14,19,24H,2-5,8,11,15-17H2,1H3/t19-,24-/m1/s1. The Labute approximate surface area is 183 Å². The number of likely N-dealkylation sites (tertiary alicyclic amines) is 1. The molecule has 6 rings (SSSR count). The van der Waals surface area contributed by atoms with E-state index in [0.29, 0.717) is 12.6 Å². The van der Waals surface area contributed by atoms with Gasteiger partial charge in [0, 0.05) is 24.7 Å². The average Bonchev–Trinajstić information content (AvgIpc) is 3.53. The zero-order chi connectivity index (χ0) is 20.9. The number of methoxy groups -OCH3 is 1. The third kappa shape index (κ3) is 3.38. The van der Waals surface area contributed by atoms with Crippen LogP contribution in [-0.2, 0) is 25.9 Å². The van der Waals surface area contributed by atoms with E-state index in [1.165, 1.54) is 42.2 Å². The fourth-order valence-corrected chi connectivity index (χ4v) is 6.13. The van der Waals surface area contributed by atoms with Crippen LogP contribution in [0.15, 0.2) is 47.3 Å². The molecule has 4 nitrogen and oxygen atoms in total. The van der Waals surface area contributed by atoms with Crippen molar-refractivity contribution in [3.8, 4) is 5.75 Å². The van der Waals surface area contributed by atoms with E-state index >= 15 is 0 Å². The van der Waals surface area contributed by atoms with E-state index in [1.807, 2.05) is 16.7 Å². The summed E-state index contributed by atoms with van der Waals surface area (Å²) >= 11 is 0. The quantitative estimate of drug-likeness (QED) is 0.615. The smallest absolute Gasteiger partial charge is 0.255 e. The molecule has 31 heavy (non-hydrogen) atoms. The van der Waals surface area contributed by atoms with Gasteiger partial charge in [0.05, 0.1) is 19.2 Å². The second kappa shape index (κ2) is 7.52. The molecule has 0 amide bonds. The number of ether oxygens (including phenoxy) is 1. The number of rotatable bonds is 5. The van der Waals surface area contributed by atoms with Gasteiger partial charge < -0.3 is 9.30 Å². The first kappa shape index (κ1) is 19.1. The van der Waals surface area contributed by atoms with E-state index in [9.17, 15) is 4.79 Å². The first-order valence-corrected chi connectivity index (χ1v) is 11.7. The third-order valence-electron chi connectivity index (χ3n) is 7.78. The van der Waals surface area contributed by atoms with Gasteiger partial charge in [0.15, 0.2) is 0 Å². The van der Waals surface area contributed by atoms with Gasteiger partial charge in [0.25, 0.3) is 5.56 Å². The number of fused-ring (bicyclic) bond motifs is 4. The molecule has 1 saturated heterocycles. The minimum absolute atomic E-state index is 0.170. The molecule has 2 atom stereocenters. The molecular weight excluding hydrogens is 384 g/mol. The average molecular weight is 415 g/mol. The van der Waals surface area contributed by atoms with Crippen molar-refractivity contribution in [2.24, 2.45) is 5.92 Å². The summed E-state index contributed by atoms with van der Waals surface area (Å²) in [6.45, 7) is 2.54. The van der Waals surface area contributed by atoms with Gasteiger partial charge >= 0.3 is 0 Å². The van der Waals surface area contributed by atoms with Crippen LogP contribution in [0.4, 0.5) is 0 Å². The Balaban J connectivity index is 1.44.